The largest absolute Gasteiger partial charge is 0.476 e. The standard InChI is InChI=1S/C8H6ClNO2S/c9-4-2-1-3-6-7(8(11)12)10-5-13-6/h5H,2,4H2,(H,11,12). The first kappa shape index (κ1) is 10.0. The Hall–Kier alpha value is -1.05. The molecule has 0 saturated carbocycles. The second kappa shape index (κ2) is 4.85. The van der Waals surface area contributed by atoms with Crippen LogP contribution in [0.1, 0.15) is 21.8 Å². The van der Waals surface area contributed by atoms with Crippen molar-refractivity contribution in [2.75, 3.05) is 5.88 Å². The molecule has 0 aliphatic rings. The van der Waals surface area contributed by atoms with Crippen LogP contribution in [-0.4, -0.2) is 21.9 Å². The van der Waals surface area contributed by atoms with Crippen LogP contribution >= 0.6 is 22.9 Å². The number of thiazole rings is 1. The van der Waals surface area contributed by atoms with Crippen molar-refractivity contribution in [2.24, 2.45) is 0 Å². The summed E-state index contributed by atoms with van der Waals surface area (Å²) in [6.07, 6.45) is 0.554. The van der Waals surface area contributed by atoms with Crippen LogP contribution in [0.2, 0.25) is 0 Å². The van der Waals surface area contributed by atoms with E-state index in [1.165, 1.54) is 16.8 Å². The van der Waals surface area contributed by atoms with Gasteiger partial charge < -0.3 is 5.11 Å². The fourth-order valence-corrected chi connectivity index (χ4v) is 1.42. The molecule has 1 rings (SSSR count). The zero-order valence-electron chi connectivity index (χ0n) is 6.58. The maximum Gasteiger partial charge on any atom is 0.356 e. The number of carboxylic acid groups (broad SMARTS) is 1. The highest BCUT2D eigenvalue weighted by Crippen LogP contribution is 2.11. The third-order valence-electron chi connectivity index (χ3n) is 1.19. The van der Waals surface area contributed by atoms with Crippen LogP contribution in [-0.2, 0) is 0 Å². The van der Waals surface area contributed by atoms with Crippen molar-refractivity contribution >= 4 is 28.9 Å². The van der Waals surface area contributed by atoms with Gasteiger partial charge in [0.1, 0.15) is 4.88 Å². The van der Waals surface area contributed by atoms with Crippen LogP contribution in [0.25, 0.3) is 0 Å². The molecule has 68 valence electrons. The lowest BCUT2D eigenvalue weighted by Crippen LogP contribution is -1.98. The predicted molar refractivity (Wildman–Crippen MR) is 51.3 cm³/mol. The SMILES string of the molecule is O=C(O)c1ncsc1C#CCCCl. The van der Waals surface area contributed by atoms with Gasteiger partial charge in [0, 0.05) is 12.3 Å². The number of hydrogen-bond acceptors (Lipinski definition) is 3. The molecule has 3 nitrogen and oxygen atoms in total. The molecule has 0 bridgehead atoms. The smallest absolute Gasteiger partial charge is 0.356 e. The van der Waals surface area contributed by atoms with E-state index in [0.29, 0.717) is 17.2 Å². The van der Waals surface area contributed by atoms with Crippen LogP contribution in [0.4, 0.5) is 0 Å². The van der Waals surface area contributed by atoms with Gasteiger partial charge in [-0.15, -0.1) is 22.9 Å². The molecule has 0 aliphatic heterocycles. The Morgan fingerprint density at radius 3 is 3.15 bits per heavy atom. The molecule has 13 heavy (non-hydrogen) atoms. The van der Waals surface area contributed by atoms with Crippen LogP contribution in [0.15, 0.2) is 5.51 Å². The minimum absolute atomic E-state index is 0.0204. The number of aromatic carboxylic acids is 1. The summed E-state index contributed by atoms with van der Waals surface area (Å²) in [5.41, 5.74) is 1.49. The van der Waals surface area contributed by atoms with E-state index in [9.17, 15) is 4.79 Å². The maximum atomic E-state index is 10.6. The van der Waals surface area contributed by atoms with Crippen molar-refractivity contribution < 1.29 is 9.90 Å². The third-order valence-corrected chi connectivity index (χ3v) is 2.12. The molecular formula is C8H6ClNO2S. The topological polar surface area (TPSA) is 50.2 Å². The van der Waals surface area contributed by atoms with E-state index >= 15 is 0 Å². The lowest BCUT2D eigenvalue weighted by molar-refractivity contribution is 0.0691. The number of carboxylic acids is 1. The second-order valence-corrected chi connectivity index (χ2v) is 3.31. The molecule has 0 radical (unpaired) electrons. The van der Waals surface area contributed by atoms with Crippen LogP contribution < -0.4 is 0 Å². The second-order valence-electron chi connectivity index (χ2n) is 2.08. The molecule has 5 heteroatoms. The Morgan fingerprint density at radius 2 is 2.54 bits per heavy atom. The van der Waals surface area contributed by atoms with E-state index in [1.54, 1.807) is 0 Å². The molecule has 0 amide bonds. The number of nitrogens with zero attached hydrogens (tertiary/aromatic N) is 1. The summed E-state index contributed by atoms with van der Waals surface area (Å²) in [5, 5.41) is 8.66. The highest BCUT2D eigenvalue weighted by atomic mass is 35.5. The van der Waals surface area contributed by atoms with Crippen LogP contribution in [0, 0.1) is 11.8 Å². The van der Waals surface area contributed by atoms with E-state index in [1.807, 2.05) is 0 Å². The fourth-order valence-electron chi connectivity index (χ4n) is 0.677. The van der Waals surface area contributed by atoms with Gasteiger partial charge >= 0.3 is 5.97 Å². The molecule has 0 aromatic carbocycles. The summed E-state index contributed by atoms with van der Waals surface area (Å²) in [5.74, 6) is 4.88. The fraction of sp³-hybridized carbons (Fsp3) is 0.250. The van der Waals surface area contributed by atoms with Crippen molar-refractivity contribution in [3.05, 3.63) is 16.1 Å². The van der Waals surface area contributed by atoms with Gasteiger partial charge in [-0.1, -0.05) is 11.8 Å². The summed E-state index contributed by atoms with van der Waals surface area (Å²) in [4.78, 5) is 14.7. The summed E-state index contributed by atoms with van der Waals surface area (Å²) in [6, 6.07) is 0. The number of carbonyl (C=O) groups is 1. The van der Waals surface area contributed by atoms with Gasteiger partial charge in [-0.3, -0.25) is 0 Å². The van der Waals surface area contributed by atoms with Crippen molar-refractivity contribution in [1.82, 2.24) is 4.98 Å². The van der Waals surface area contributed by atoms with E-state index in [4.69, 9.17) is 16.7 Å². The lowest BCUT2D eigenvalue weighted by Gasteiger charge is -1.85. The van der Waals surface area contributed by atoms with Gasteiger partial charge in [0.25, 0.3) is 0 Å². The molecule has 1 aromatic rings. The van der Waals surface area contributed by atoms with Gasteiger partial charge in [-0.05, 0) is 0 Å². The molecule has 1 aromatic heterocycles. The van der Waals surface area contributed by atoms with Crippen molar-refractivity contribution in [3.8, 4) is 11.8 Å². The van der Waals surface area contributed by atoms with Gasteiger partial charge in [-0.2, -0.15) is 0 Å². The van der Waals surface area contributed by atoms with E-state index in [2.05, 4.69) is 16.8 Å². The first-order chi connectivity index (χ1) is 6.25. The van der Waals surface area contributed by atoms with E-state index in [-0.39, 0.29) is 5.69 Å². The zero-order chi connectivity index (χ0) is 9.68. The normalized spacial score (nSPS) is 9.00. The summed E-state index contributed by atoms with van der Waals surface area (Å²) in [6.45, 7) is 0. The average Bonchev–Trinajstić information content (AvgIpc) is 2.53. The third kappa shape index (κ3) is 2.72. The lowest BCUT2D eigenvalue weighted by atomic mass is 10.3. The minimum Gasteiger partial charge on any atom is -0.476 e. The van der Waals surface area contributed by atoms with Gasteiger partial charge in [-0.25, -0.2) is 9.78 Å². The molecule has 0 atom stereocenters. The number of aromatic nitrogens is 1. The van der Waals surface area contributed by atoms with Crippen molar-refractivity contribution in [2.45, 2.75) is 6.42 Å². The molecular weight excluding hydrogens is 210 g/mol. The van der Waals surface area contributed by atoms with Gasteiger partial charge in [0.05, 0.1) is 5.51 Å². The Labute approximate surface area is 84.4 Å². The predicted octanol–water partition coefficient (Wildman–Crippen LogP) is 1.82. The van der Waals surface area contributed by atoms with E-state index < -0.39 is 5.97 Å². The molecule has 0 unspecified atom stereocenters. The highest BCUT2D eigenvalue weighted by Gasteiger charge is 2.10. The zero-order valence-corrected chi connectivity index (χ0v) is 8.15. The Balaban J connectivity index is 2.84. The van der Waals surface area contributed by atoms with Gasteiger partial charge in [0.15, 0.2) is 5.69 Å². The number of hydrogen-bond donors (Lipinski definition) is 1. The monoisotopic (exact) mass is 215 g/mol. The number of halogens is 1. The summed E-state index contributed by atoms with van der Waals surface area (Å²) >= 11 is 6.63. The molecule has 0 aliphatic carbocycles. The maximum absolute atomic E-state index is 10.6. The van der Waals surface area contributed by atoms with Crippen LogP contribution in [0.3, 0.4) is 0 Å². The quantitative estimate of drug-likeness (QED) is 0.605. The minimum atomic E-state index is -1.04. The molecule has 1 N–H and O–H groups in total. The molecule has 0 saturated heterocycles. The first-order valence-corrected chi connectivity index (χ1v) is 4.88. The average molecular weight is 216 g/mol. The van der Waals surface area contributed by atoms with E-state index in [0.717, 1.165) is 0 Å². The molecule has 0 spiro atoms. The molecule has 1 heterocycles. The Kier molecular flexibility index (Phi) is 3.74. The number of rotatable bonds is 2. The molecule has 0 fully saturated rings. The van der Waals surface area contributed by atoms with Gasteiger partial charge in [0.2, 0.25) is 0 Å². The highest BCUT2D eigenvalue weighted by molar-refractivity contribution is 7.10. The Bertz CT molecular complexity index is 364. The first-order valence-electron chi connectivity index (χ1n) is 3.47. The van der Waals surface area contributed by atoms with Crippen LogP contribution in [0.5, 0.6) is 0 Å². The van der Waals surface area contributed by atoms with Crippen molar-refractivity contribution in [1.29, 1.82) is 0 Å². The summed E-state index contributed by atoms with van der Waals surface area (Å²) in [7, 11) is 0. The number of alkyl halides is 1. The van der Waals surface area contributed by atoms with Crippen molar-refractivity contribution in [3.63, 3.8) is 0 Å². The Morgan fingerprint density at radius 1 is 1.77 bits per heavy atom. The summed E-state index contributed by atoms with van der Waals surface area (Å²) < 4.78 is 0.